The van der Waals surface area contributed by atoms with E-state index in [4.69, 9.17) is 0 Å². The lowest BCUT2D eigenvalue weighted by molar-refractivity contribution is 0.907. The van der Waals surface area contributed by atoms with Gasteiger partial charge >= 0.3 is 0 Å². The van der Waals surface area contributed by atoms with Crippen LogP contribution >= 0.6 is 33.9 Å². The molecule has 1 heterocycles. The molecule has 0 radical (unpaired) electrons. The predicted octanol–water partition coefficient (Wildman–Crippen LogP) is 5.68. The molecule has 1 atom stereocenters. The molecular formula is C16H14INS. The minimum atomic E-state index is 0.327. The highest BCUT2D eigenvalue weighted by atomic mass is 127. The van der Waals surface area contributed by atoms with E-state index in [-0.39, 0.29) is 0 Å². The lowest BCUT2D eigenvalue weighted by Crippen LogP contribution is -2.05. The molecular weight excluding hydrogens is 365 g/mol. The van der Waals surface area contributed by atoms with Crippen LogP contribution in [0.1, 0.15) is 17.8 Å². The summed E-state index contributed by atoms with van der Waals surface area (Å²) in [6.45, 7) is 2.22. The van der Waals surface area contributed by atoms with Gasteiger partial charge in [-0.15, -0.1) is 11.3 Å². The normalized spacial score (nSPS) is 12.5. The van der Waals surface area contributed by atoms with E-state index in [0.717, 1.165) is 0 Å². The van der Waals surface area contributed by atoms with Crippen molar-refractivity contribution in [2.75, 3.05) is 5.32 Å². The average Bonchev–Trinajstić information content (AvgIpc) is 2.85. The maximum atomic E-state index is 3.59. The zero-order chi connectivity index (χ0) is 13.2. The summed E-state index contributed by atoms with van der Waals surface area (Å²) in [7, 11) is 0. The average molecular weight is 379 g/mol. The number of anilines is 1. The molecule has 3 rings (SSSR count). The van der Waals surface area contributed by atoms with Gasteiger partial charge in [-0.3, -0.25) is 0 Å². The number of nitrogens with one attached hydrogen (secondary N) is 1. The molecule has 0 amide bonds. The molecule has 0 aliphatic heterocycles. The van der Waals surface area contributed by atoms with E-state index in [1.165, 1.54) is 24.2 Å². The molecule has 1 unspecified atom stereocenters. The first kappa shape index (κ1) is 12.9. The van der Waals surface area contributed by atoms with Crippen molar-refractivity contribution in [2.24, 2.45) is 0 Å². The molecule has 0 aliphatic carbocycles. The van der Waals surface area contributed by atoms with Crippen LogP contribution in [0, 0.1) is 3.57 Å². The van der Waals surface area contributed by atoms with Gasteiger partial charge in [-0.1, -0.05) is 30.3 Å². The molecule has 1 aromatic heterocycles. The third-order valence-electron chi connectivity index (χ3n) is 3.12. The number of hydrogen-bond donors (Lipinski definition) is 1. The van der Waals surface area contributed by atoms with Gasteiger partial charge in [-0.2, -0.15) is 0 Å². The van der Waals surface area contributed by atoms with Crippen molar-refractivity contribution in [1.82, 2.24) is 0 Å². The molecule has 0 bridgehead atoms. The van der Waals surface area contributed by atoms with Gasteiger partial charge in [0, 0.05) is 18.8 Å². The Bertz CT molecular complexity index is 672. The molecule has 0 saturated heterocycles. The Kier molecular flexibility index (Phi) is 3.75. The maximum Gasteiger partial charge on any atom is 0.0579 e. The van der Waals surface area contributed by atoms with Gasteiger partial charge in [0.15, 0.2) is 0 Å². The van der Waals surface area contributed by atoms with Gasteiger partial charge < -0.3 is 5.32 Å². The van der Waals surface area contributed by atoms with E-state index in [9.17, 15) is 0 Å². The van der Waals surface area contributed by atoms with E-state index in [2.05, 4.69) is 89.4 Å². The maximum absolute atomic E-state index is 3.59. The monoisotopic (exact) mass is 379 g/mol. The van der Waals surface area contributed by atoms with Crippen LogP contribution in [0.4, 0.5) is 5.69 Å². The van der Waals surface area contributed by atoms with Crippen LogP contribution in [-0.4, -0.2) is 0 Å². The van der Waals surface area contributed by atoms with Crippen molar-refractivity contribution in [3.8, 4) is 0 Å². The second kappa shape index (κ2) is 5.51. The number of fused-ring (bicyclic) bond motifs is 1. The smallest absolute Gasteiger partial charge is 0.0579 e. The first-order valence-corrected chi connectivity index (χ1v) is 8.13. The van der Waals surface area contributed by atoms with Crippen LogP contribution in [0.5, 0.6) is 0 Å². The number of rotatable bonds is 3. The summed E-state index contributed by atoms with van der Waals surface area (Å²) < 4.78 is 2.61. The highest BCUT2D eigenvalue weighted by molar-refractivity contribution is 14.1. The van der Waals surface area contributed by atoms with Crippen molar-refractivity contribution in [1.29, 1.82) is 0 Å². The molecule has 3 aromatic rings. The highest BCUT2D eigenvalue weighted by Crippen LogP contribution is 2.32. The lowest BCUT2D eigenvalue weighted by atomic mass is 10.2. The molecule has 0 fully saturated rings. The molecule has 0 saturated carbocycles. The fraction of sp³-hybridized carbons (Fsp3) is 0.125. The van der Waals surface area contributed by atoms with Crippen LogP contribution in [0.15, 0.2) is 54.6 Å². The predicted molar refractivity (Wildman–Crippen MR) is 93.0 cm³/mol. The van der Waals surface area contributed by atoms with E-state index < -0.39 is 0 Å². The Hall–Kier alpha value is -1.07. The summed E-state index contributed by atoms with van der Waals surface area (Å²) in [6, 6.07) is 19.6. The number of halogens is 1. The first-order chi connectivity index (χ1) is 9.24. The van der Waals surface area contributed by atoms with Gasteiger partial charge in [0.1, 0.15) is 0 Å². The van der Waals surface area contributed by atoms with Crippen LogP contribution in [0.3, 0.4) is 0 Å². The van der Waals surface area contributed by atoms with Crippen molar-refractivity contribution in [3.05, 3.63) is 63.0 Å². The SMILES string of the molecule is CC(Nc1ccccc1I)c1cc2ccccc2s1. The number of benzene rings is 2. The molecule has 96 valence electrons. The summed E-state index contributed by atoms with van der Waals surface area (Å²) >= 11 is 4.23. The van der Waals surface area contributed by atoms with Crippen molar-refractivity contribution in [3.63, 3.8) is 0 Å². The van der Waals surface area contributed by atoms with Crippen molar-refractivity contribution < 1.29 is 0 Å². The van der Waals surface area contributed by atoms with E-state index in [1.807, 2.05) is 11.3 Å². The fourth-order valence-electron chi connectivity index (χ4n) is 2.10. The minimum absolute atomic E-state index is 0.327. The Labute approximate surface area is 130 Å². The molecule has 1 N–H and O–H groups in total. The molecule has 3 heteroatoms. The first-order valence-electron chi connectivity index (χ1n) is 6.23. The second-order valence-corrected chi connectivity index (χ2v) is 6.81. The van der Waals surface area contributed by atoms with E-state index >= 15 is 0 Å². The third-order valence-corrected chi connectivity index (χ3v) is 5.36. The molecule has 2 aromatic carbocycles. The van der Waals surface area contributed by atoms with E-state index in [1.54, 1.807) is 0 Å². The minimum Gasteiger partial charge on any atom is -0.377 e. The summed E-state index contributed by atoms with van der Waals surface area (Å²) in [5.74, 6) is 0. The second-order valence-electron chi connectivity index (χ2n) is 4.53. The van der Waals surface area contributed by atoms with Crippen LogP contribution < -0.4 is 5.32 Å². The Balaban J connectivity index is 1.87. The van der Waals surface area contributed by atoms with Gasteiger partial charge in [0.05, 0.1) is 6.04 Å². The van der Waals surface area contributed by atoms with Gasteiger partial charge in [0.25, 0.3) is 0 Å². The zero-order valence-electron chi connectivity index (χ0n) is 10.6. The number of thiophene rings is 1. The van der Waals surface area contributed by atoms with Gasteiger partial charge in [0.2, 0.25) is 0 Å². The quantitative estimate of drug-likeness (QED) is 0.578. The molecule has 1 nitrogen and oxygen atoms in total. The standard InChI is InChI=1S/C16H14INS/c1-11(18-14-8-4-3-7-13(14)17)16-10-12-6-2-5-9-15(12)19-16/h2-11,18H,1H3. The van der Waals surface area contributed by atoms with Crippen LogP contribution in [0.2, 0.25) is 0 Å². The lowest BCUT2D eigenvalue weighted by Gasteiger charge is -2.14. The van der Waals surface area contributed by atoms with E-state index in [0.29, 0.717) is 6.04 Å². The highest BCUT2D eigenvalue weighted by Gasteiger charge is 2.10. The summed E-state index contributed by atoms with van der Waals surface area (Å²) in [4.78, 5) is 1.38. The van der Waals surface area contributed by atoms with Crippen LogP contribution in [-0.2, 0) is 0 Å². The molecule has 19 heavy (non-hydrogen) atoms. The molecule has 0 aliphatic rings. The number of hydrogen-bond acceptors (Lipinski definition) is 2. The third kappa shape index (κ3) is 2.77. The summed E-state index contributed by atoms with van der Waals surface area (Å²) in [5.41, 5.74) is 1.20. The largest absolute Gasteiger partial charge is 0.377 e. The van der Waals surface area contributed by atoms with Crippen LogP contribution in [0.25, 0.3) is 10.1 Å². The Morgan fingerprint density at radius 1 is 1.05 bits per heavy atom. The fourth-order valence-corrected chi connectivity index (χ4v) is 3.71. The summed E-state index contributed by atoms with van der Waals surface area (Å²) in [5, 5.41) is 4.92. The Morgan fingerprint density at radius 2 is 1.79 bits per heavy atom. The topological polar surface area (TPSA) is 12.0 Å². The number of para-hydroxylation sites is 1. The van der Waals surface area contributed by atoms with Gasteiger partial charge in [-0.05, 0) is 59.2 Å². The van der Waals surface area contributed by atoms with Crippen molar-refractivity contribution >= 4 is 49.7 Å². The summed E-state index contributed by atoms with van der Waals surface area (Å²) in [6.07, 6.45) is 0. The van der Waals surface area contributed by atoms with Gasteiger partial charge in [-0.25, -0.2) is 0 Å². The molecule has 0 spiro atoms. The Morgan fingerprint density at radius 3 is 2.58 bits per heavy atom. The van der Waals surface area contributed by atoms with Crippen molar-refractivity contribution in [2.45, 2.75) is 13.0 Å². The zero-order valence-corrected chi connectivity index (χ0v) is 13.5.